The predicted molar refractivity (Wildman–Crippen MR) is 53.1 cm³/mol. The van der Waals surface area contributed by atoms with Gasteiger partial charge in [-0.25, -0.2) is 0 Å². The number of hydrogen-bond donors (Lipinski definition) is 2. The Balaban J connectivity index is 2.41. The molecule has 86 valence electrons. The number of ether oxygens (including phenoxy) is 1. The first-order valence-electron chi connectivity index (χ1n) is 4.95. The third kappa shape index (κ3) is 3.94. The minimum absolute atomic E-state index is 0.0164. The van der Waals surface area contributed by atoms with Crippen LogP contribution in [-0.2, 0) is 11.2 Å². The lowest BCUT2D eigenvalue weighted by Gasteiger charge is -2.01. The second kappa shape index (κ2) is 6.49. The van der Waals surface area contributed by atoms with E-state index in [1.54, 1.807) is 7.11 Å². The molecule has 1 heterocycles. The molecule has 0 saturated carbocycles. The zero-order chi connectivity index (χ0) is 11.1. The molecule has 0 aliphatic heterocycles. The Hall–Kier alpha value is -0.980. The number of rotatable bonds is 7. The van der Waals surface area contributed by atoms with Crippen molar-refractivity contribution in [3.63, 3.8) is 0 Å². The maximum atomic E-state index is 8.69. The summed E-state index contributed by atoms with van der Waals surface area (Å²) in [4.78, 5) is 4.13. The minimum Gasteiger partial charge on any atom is -0.396 e. The van der Waals surface area contributed by atoms with Gasteiger partial charge < -0.3 is 20.1 Å². The molecule has 1 unspecified atom stereocenters. The second-order valence-corrected chi connectivity index (χ2v) is 3.26. The van der Waals surface area contributed by atoms with Crippen LogP contribution in [0.15, 0.2) is 4.52 Å². The van der Waals surface area contributed by atoms with Crippen LogP contribution in [0.2, 0.25) is 0 Å². The van der Waals surface area contributed by atoms with Crippen LogP contribution in [0.4, 0.5) is 0 Å². The molecule has 6 nitrogen and oxygen atoms in total. The molecule has 15 heavy (non-hydrogen) atoms. The van der Waals surface area contributed by atoms with E-state index < -0.39 is 0 Å². The molecule has 0 spiro atoms. The summed E-state index contributed by atoms with van der Waals surface area (Å²) in [6.07, 6.45) is 1.99. The number of methoxy groups -OCH3 is 1. The van der Waals surface area contributed by atoms with Crippen molar-refractivity contribution >= 4 is 0 Å². The van der Waals surface area contributed by atoms with Crippen molar-refractivity contribution in [3.05, 3.63) is 11.7 Å². The molecule has 3 N–H and O–H groups in total. The molecule has 0 bridgehead atoms. The molecule has 1 rings (SSSR count). The Labute approximate surface area is 88.4 Å². The van der Waals surface area contributed by atoms with E-state index in [1.807, 2.05) is 0 Å². The van der Waals surface area contributed by atoms with Crippen molar-refractivity contribution in [2.75, 3.05) is 20.3 Å². The maximum absolute atomic E-state index is 8.69. The van der Waals surface area contributed by atoms with E-state index in [4.69, 9.17) is 20.1 Å². The Kier molecular flexibility index (Phi) is 5.23. The van der Waals surface area contributed by atoms with Crippen molar-refractivity contribution < 1.29 is 14.4 Å². The number of aromatic nitrogens is 2. The minimum atomic E-state index is -0.376. The molecule has 0 aromatic carbocycles. The number of nitrogens with zero attached hydrogens (tertiary/aromatic N) is 2. The average Bonchev–Trinajstić information content (AvgIpc) is 2.67. The van der Waals surface area contributed by atoms with E-state index in [1.165, 1.54) is 0 Å². The maximum Gasteiger partial charge on any atom is 0.243 e. The monoisotopic (exact) mass is 215 g/mol. The van der Waals surface area contributed by atoms with Crippen LogP contribution in [0.3, 0.4) is 0 Å². The third-order valence-electron chi connectivity index (χ3n) is 1.99. The fourth-order valence-corrected chi connectivity index (χ4v) is 1.16. The molecule has 0 aliphatic rings. The topological polar surface area (TPSA) is 94.4 Å². The molecule has 0 aliphatic carbocycles. The summed E-state index contributed by atoms with van der Waals surface area (Å²) in [6.45, 7) is 0.690. The van der Waals surface area contributed by atoms with Crippen molar-refractivity contribution in [1.29, 1.82) is 0 Å². The van der Waals surface area contributed by atoms with Gasteiger partial charge in [-0.15, -0.1) is 0 Å². The number of aliphatic hydroxyl groups is 1. The SMILES string of the molecule is COCCCc1noc(C(N)CCO)n1. The van der Waals surface area contributed by atoms with Gasteiger partial charge in [0.25, 0.3) is 0 Å². The molecule has 1 aromatic heterocycles. The molecular formula is C9H17N3O3. The lowest BCUT2D eigenvalue weighted by atomic mass is 10.2. The predicted octanol–water partition coefficient (Wildman–Crippen LogP) is 0.0308. The van der Waals surface area contributed by atoms with E-state index in [0.29, 0.717) is 31.2 Å². The van der Waals surface area contributed by atoms with Crippen molar-refractivity contribution in [1.82, 2.24) is 10.1 Å². The van der Waals surface area contributed by atoms with Crippen molar-refractivity contribution in [2.45, 2.75) is 25.3 Å². The van der Waals surface area contributed by atoms with E-state index in [0.717, 1.165) is 6.42 Å². The first-order chi connectivity index (χ1) is 7.27. The second-order valence-electron chi connectivity index (χ2n) is 3.26. The molecule has 0 radical (unpaired) electrons. The Morgan fingerprint density at radius 1 is 1.60 bits per heavy atom. The highest BCUT2D eigenvalue weighted by Crippen LogP contribution is 2.11. The van der Waals surface area contributed by atoms with Gasteiger partial charge in [-0.05, 0) is 12.8 Å². The van der Waals surface area contributed by atoms with Gasteiger partial charge >= 0.3 is 0 Å². The summed E-state index contributed by atoms with van der Waals surface area (Å²) in [6, 6.07) is -0.376. The van der Waals surface area contributed by atoms with Crippen LogP contribution < -0.4 is 5.73 Å². The highest BCUT2D eigenvalue weighted by atomic mass is 16.5. The summed E-state index contributed by atoms with van der Waals surface area (Å²) in [5.41, 5.74) is 5.69. The molecular weight excluding hydrogens is 198 g/mol. The van der Waals surface area contributed by atoms with E-state index >= 15 is 0 Å². The zero-order valence-electron chi connectivity index (χ0n) is 8.85. The van der Waals surface area contributed by atoms with Gasteiger partial charge in [-0.2, -0.15) is 4.98 Å². The fraction of sp³-hybridized carbons (Fsp3) is 0.778. The van der Waals surface area contributed by atoms with Gasteiger partial charge in [-0.3, -0.25) is 0 Å². The Bertz CT molecular complexity index is 277. The third-order valence-corrected chi connectivity index (χ3v) is 1.99. The van der Waals surface area contributed by atoms with E-state index in [2.05, 4.69) is 10.1 Å². The number of hydrogen-bond acceptors (Lipinski definition) is 6. The van der Waals surface area contributed by atoms with Gasteiger partial charge in [0, 0.05) is 26.7 Å². The van der Waals surface area contributed by atoms with Crippen LogP contribution in [0, 0.1) is 0 Å². The summed E-state index contributed by atoms with van der Waals surface area (Å²) in [5.74, 6) is 1.02. The summed E-state index contributed by atoms with van der Waals surface area (Å²) in [5, 5.41) is 12.5. The van der Waals surface area contributed by atoms with Crippen LogP contribution in [-0.4, -0.2) is 35.6 Å². The number of aliphatic hydroxyl groups excluding tert-OH is 1. The van der Waals surface area contributed by atoms with Gasteiger partial charge in [0.05, 0.1) is 6.04 Å². The molecule has 6 heteroatoms. The van der Waals surface area contributed by atoms with E-state index in [-0.39, 0.29) is 12.6 Å². The van der Waals surface area contributed by atoms with Crippen LogP contribution in [0.5, 0.6) is 0 Å². The molecule has 1 atom stereocenters. The molecule has 1 aromatic rings. The number of nitrogens with two attached hydrogens (primary N) is 1. The highest BCUT2D eigenvalue weighted by Gasteiger charge is 2.13. The largest absolute Gasteiger partial charge is 0.396 e. The lowest BCUT2D eigenvalue weighted by molar-refractivity contribution is 0.194. The van der Waals surface area contributed by atoms with Gasteiger partial charge in [0.15, 0.2) is 5.82 Å². The molecule has 0 saturated heterocycles. The number of aryl methyl sites for hydroxylation is 1. The van der Waals surface area contributed by atoms with E-state index in [9.17, 15) is 0 Å². The van der Waals surface area contributed by atoms with Gasteiger partial charge in [0.1, 0.15) is 0 Å². The normalized spacial score (nSPS) is 13.0. The van der Waals surface area contributed by atoms with Crippen LogP contribution >= 0.6 is 0 Å². The van der Waals surface area contributed by atoms with Gasteiger partial charge in [0.2, 0.25) is 5.89 Å². The average molecular weight is 215 g/mol. The molecule has 0 fully saturated rings. The van der Waals surface area contributed by atoms with Crippen molar-refractivity contribution in [3.8, 4) is 0 Å². The Morgan fingerprint density at radius 2 is 2.40 bits per heavy atom. The van der Waals surface area contributed by atoms with Crippen LogP contribution in [0.25, 0.3) is 0 Å². The summed E-state index contributed by atoms with van der Waals surface area (Å²) < 4.78 is 9.88. The first-order valence-corrected chi connectivity index (χ1v) is 4.95. The first kappa shape index (κ1) is 12.1. The fourth-order valence-electron chi connectivity index (χ4n) is 1.16. The smallest absolute Gasteiger partial charge is 0.243 e. The lowest BCUT2D eigenvalue weighted by Crippen LogP contribution is -2.12. The summed E-state index contributed by atoms with van der Waals surface area (Å²) >= 11 is 0. The molecule has 0 amide bonds. The zero-order valence-corrected chi connectivity index (χ0v) is 8.85. The summed E-state index contributed by atoms with van der Waals surface area (Å²) in [7, 11) is 1.65. The standard InChI is InChI=1S/C9H17N3O3/c1-14-6-2-3-8-11-9(15-12-8)7(10)4-5-13/h7,13H,2-6,10H2,1H3. The van der Waals surface area contributed by atoms with Crippen molar-refractivity contribution in [2.24, 2.45) is 5.73 Å². The highest BCUT2D eigenvalue weighted by molar-refractivity contribution is 4.91. The van der Waals surface area contributed by atoms with Gasteiger partial charge in [-0.1, -0.05) is 5.16 Å². The van der Waals surface area contributed by atoms with Crippen LogP contribution in [0.1, 0.15) is 30.6 Å². The quantitative estimate of drug-likeness (QED) is 0.623. The Morgan fingerprint density at radius 3 is 3.07 bits per heavy atom.